The minimum Gasteiger partial charge on any atom is -0.545 e. The highest BCUT2D eigenvalue weighted by molar-refractivity contribution is 7.10. The first kappa shape index (κ1) is 18.2. The molecule has 2 rings (SSSR count). The molecule has 0 bridgehead atoms. The highest BCUT2D eigenvalue weighted by atomic mass is 32.1. The number of carboxylic acid groups (broad SMARTS) is 1. The number of aliphatic carboxylic acids is 1. The fraction of sp³-hybridized carbons (Fsp3) is 0.471. The summed E-state index contributed by atoms with van der Waals surface area (Å²) in [4.78, 5) is 35.0. The lowest BCUT2D eigenvalue weighted by molar-refractivity contribution is -0.297. The Morgan fingerprint density at radius 2 is 1.96 bits per heavy atom. The molecule has 2 N–H and O–H groups in total. The molecule has 2 amide bonds. The first-order valence-electron chi connectivity index (χ1n) is 7.77. The smallest absolute Gasteiger partial charge is 0.270 e. The minimum absolute atomic E-state index is 0.239. The Hall–Kier alpha value is -2.15. The fourth-order valence-electron chi connectivity index (χ4n) is 2.81. The number of carboxylic acids is 1. The van der Waals surface area contributed by atoms with E-state index in [1.54, 1.807) is 11.3 Å². The van der Waals surface area contributed by atoms with Gasteiger partial charge in [-0.3, -0.25) is 20.4 Å². The minimum atomic E-state index is -1.48. The standard InChI is InChI=1S/C17H22N2O4S/c1-17(2,3)10-4-5-11-12(9-24-13(11)8-10)16(23)19-18-14(20)6-7-15(21)22/h6-7,9-10H,4-5,8H2,1-3H3,(H,18,20)(H,19,23)(H,21,22)/p-1/b7-6+/t10-/m0/s1. The lowest BCUT2D eigenvalue weighted by Gasteiger charge is -2.34. The van der Waals surface area contributed by atoms with Gasteiger partial charge in [0.1, 0.15) is 0 Å². The van der Waals surface area contributed by atoms with E-state index in [0.29, 0.717) is 17.6 Å². The molecule has 0 unspecified atom stereocenters. The van der Waals surface area contributed by atoms with Gasteiger partial charge in [-0.25, -0.2) is 0 Å². The fourth-order valence-corrected chi connectivity index (χ4v) is 3.97. The van der Waals surface area contributed by atoms with Gasteiger partial charge >= 0.3 is 0 Å². The van der Waals surface area contributed by atoms with Crippen LogP contribution in [0.4, 0.5) is 0 Å². The summed E-state index contributed by atoms with van der Waals surface area (Å²) in [7, 11) is 0. The first-order chi connectivity index (χ1) is 11.2. The highest BCUT2D eigenvalue weighted by Gasteiger charge is 2.31. The van der Waals surface area contributed by atoms with Gasteiger partial charge in [-0.2, -0.15) is 0 Å². The molecule has 1 atom stereocenters. The molecule has 0 aromatic carbocycles. The van der Waals surface area contributed by atoms with Crippen LogP contribution in [-0.4, -0.2) is 17.8 Å². The van der Waals surface area contributed by atoms with Crippen LogP contribution in [0.2, 0.25) is 0 Å². The molecule has 7 heteroatoms. The number of rotatable bonds is 3. The van der Waals surface area contributed by atoms with E-state index >= 15 is 0 Å². The molecule has 0 saturated carbocycles. The van der Waals surface area contributed by atoms with E-state index in [1.807, 2.05) is 5.38 Å². The number of carbonyl (C=O) groups is 3. The Balaban J connectivity index is 1.99. The van der Waals surface area contributed by atoms with Gasteiger partial charge in [0.05, 0.1) is 11.5 Å². The van der Waals surface area contributed by atoms with Crippen LogP contribution in [0.5, 0.6) is 0 Å². The average Bonchev–Trinajstić information content (AvgIpc) is 2.92. The molecule has 0 spiro atoms. The van der Waals surface area contributed by atoms with E-state index in [2.05, 4.69) is 31.6 Å². The van der Waals surface area contributed by atoms with Crippen molar-refractivity contribution in [1.29, 1.82) is 0 Å². The van der Waals surface area contributed by atoms with Gasteiger partial charge in [-0.1, -0.05) is 20.8 Å². The molecular formula is C17H21N2O4S-. The summed E-state index contributed by atoms with van der Waals surface area (Å²) in [5.41, 5.74) is 6.33. The van der Waals surface area contributed by atoms with Crippen molar-refractivity contribution >= 4 is 29.1 Å². The quantitative estimate of drug-likeness (QED) is 0.627. The number of hydrogen-bond donors (Lipinski definition) is 2. The zero-order valence-corrected chi connectivity index (χ0v) is 14.8. The number of hydrazine groups is 1. The van der Waals surface area contributed by atoms with Crippen molar-refractivity contribution in [2.24, 2.45) is 11.3 Å². The Bertz CT molecular complexity index is 685. The maximum Gasteiger partial charge on any atom is 0.270 e. The van der Waals surface area contributed by atoms with E-state index < -0.39 is 17.8 Å². The molecule has 1 aliphatic carbocycles. The predicted molar refractivity (Wildman–Crippen MR) is 89.0 cm³/mol. The number of thiophene rings is 1. The largest absolute Gasteiger partial charge is 0.545 e. The van der Waals surface area contributed by atoms with Gasteiger partial charge in [-0.15, -0.1) is 11.3 Å². The number of amides is 2. The summed E-state index contributed by atoms with van der Waals surface area (Å²) in [5, 5.41) is 12.0. The molecule has 24 heavy (non-hydrogen) atoms. The summed E-state index contributed by atoms with van der Waals surface area (Å²) in [6, 6.07) is 0. The van der Waals surface area contributed by atoms with E-state index in [-0.39, 0.29) is 5.41 Å². The van der Waals surface area contributed by atoms with Crippen molar-refractivity contribution in [2.45, 2.75) is 40.0 Å². The molecule has 0 fully saturated rings. The zero-order valence-electron chi connectivity index (χ0n) is 14.0. The monoisotopic (exact) mass is 349 g/mol. The van der Waals surface area contributed by atoms with Crippen LogP contribution in [0, 0.1) is 11.3 Å². The summed E-state index contributed by atoms with van der Waals surface area (Å²) < 4.78 is 0. The van der Waals surface area contributed by atoms with Crippen LogP contribution in [0.3, 0.4) is 0 Å². The number of nitrogens with one attached hydrogen (secondary N) is 2. The molecule has 0 saturated heterocycles. The number of carbonyl (C=O) groups excluding carboxylic acids is 3. The molecule has 1 aromatic rings. The van der Waals surface area contributed by atoms with Crippen molar-refractivity contribution in [3.05, 3.63) is 33.5 Å². The lowest BCUT2D eigenvalue weighted by atomic mass is 9.72. The van der Waals surface area contributed by atoms with Crippen LogP contribution in [-0.2, 0) is 22.4 Å². The molecular weight excluding hydrogens is 328 g/mol. The molecule has 1 heterocycles. The molecule has 130 valence electrons. The topological polar surface area (TPSA) is 98.3 Å². The Labute approximate surface area is 144 Å². The first-order valence-corrected chi connectivity index (χ1v) is 8.65. The molecule has 1 aliphatic rings. The third kappa shape index (κ3) is 4.44. The van der Waals surface area contributed by atoms with Crippen molar-refractivity contribution in [3.63, 3.8) is 0 Å². The summed E-state index contributed by atoms with van der Waals surface area (Å²) in [6.45, 7) is 6.71. The third-order valence-corrected chi connectivity index (χ3v) is 5.35. The molecule has 1 aromatic heterocycles. The van der Waals surface area contributed by atoms with Gasteiger partial charge in [-0.05, 0) is 42.2 Å². The molecule has 6 nitrogen and oxygen atoms in total. The van der Waals surface area contributed by atoms with Gasteiger partial charge in [0.15, 0.2) is 0 Å². The van der Waals surface area contributed by atoms with E-state index in [9.17, 15) is 19.5 Å². The molecule has 0 aliphatic heterocycles. The van der Waals surface area contributed by atoms with Gasteiger partial charge in [0, 0.05) is 16.3 Å². The van der Waals surface area contributed by atoms with Crippen LogP contribution in [0.15, 0.2) is 17.5 Å². The van der Waals surface area contributed by atoms with Crippen molar-refractivity contribution in [2.75, 3.05) is 0 Å². The Kier molecular flexibility index (Phi) is 5.43. The van der Waals surface area contributed by atoms with Crippen LogP contribution in [0.1, 0.15) is 48.0 Å². The number of fused-ring (bicyclic) bond motifs is 1. The number of hydrogen-bond acceptors (Lipinski definition) is 5. The van der Waals surface area contributed by atoms with E-state index in [4.69, 9.17) is 0 Å². The van der Waals surface area contributed by atoms with Crippen LogP contribution >= 0.6 is 11.3 Å². The second kappa shape index (κ2) is 7.17. The summed E-state index contributed by atoms with van der Waals surface area (Å²) in [6.07, 6.45) is 4.24. The summed E-state index contributed by atoms with van der Waals surface area (Å²) in [5.74, 6) is -2.01. The SMILES string of the molecule is CC(C)(C)[C@H]1CCc2c(C(=O)NNC(=O)/C=C/C(=O)[O-])csc2C1. The van der Waals surface area contributed by atoms with Crippen LogP contribution < -0.4 is 16.0 Å². The van der Waals surface area contributed by atoms with E-state index in [1.165, 1.54) is 4.88 Å². The van der Waals surface area contributed by atoms with Gasteiger partial charge in [0.25, 0.3) is 11.8 Å². The maximum absolute atomic E-state index is 12.2. The molecule has 0 radical (unpaired) electrons. The second-order valence-electron chi connectivity index (χ2n) is 6.95. The normalized spacial score (nSPS) is 17.4. The van der Waals surface area contributed by atoms with Gasteiger partial charge < -0.3 is 9.90 Å². The lowest BCUT2D eigenvalue weighted by Crippen LogP contribution is -2.41. The van der Waals surface area contributed by atoms with Gasteiger partial charge in [0.2, 0.25) is 0 Å². The van der Waals surface area contributed by atoms with Crippen LogP contribution in [0.25, 0.3) is 0 Å². The summed E-state index contributed by atoms with van der Waals surface area (Å²) >= 11 is 1.58. The maximum atomic E-state index is 12.2. The van der Waals surface area contributed by atoms with Crippen molar-refractivity contribution < 1.29 is 19.5 Å². The Morgan fingerprint density at radius 3 is 2.58 bits per heavy atom. The van der Waals surface area contributed by atoms with Crippen molar-refractivity contribution in [1.82, 2.24) is 10.9 Å². The predicted octanol–water partition coefficient (Wildman–Crippen LogP) is 0.966. The zero-order chi connectivity index (χ0) is 17.9. The average molecular weight is 349 g/mol. The third-order valence-electron chi connectivity index (χ3n) is 4.29. The van der Waals surface area contributed by atoms with Crippen molar-refractivity contribution in [3.8, 4) is 0 Å². The second-order valence-corrected chi connectivity index (χ2v) is 7.92. The Morgan fingerprint density at radius 1 is 1.25 bits per heavy atom. The highest BCUT2D eigenvalue weighted by Crippen LogP contribution is 2.40. The van der Waals surface area contributed by atoms with E-state index in [0.717, 1.165) is 30.9 Å².